The van der Waals surface area contributed by atoms with Crippen LogP contribution < -0.4 is 5.32 Å². The predicted octanol–water partition coefficient (Wildman–Crippen LogP) is 4.05. The van der Waals surface area contributed by atoms with E-state index in [2.05, 4.69) is 19.2 Å². The lowest BCUT2D eigenvalue weighted by Crippen LogP contribution is -2.37. The Balaban J connectivity index is 3.29. The number of nitrogens with one attached hydrogen (secondary N) is 1. The summed E-state index contributed by atoms with van der Waals surface area (Å²) in [7, 11) is 0. The molecular weight excluding hydrogens is 342 g/mol. The van der Waals surface area contributed by atoms with Gasteiger partial charge in [0.05, 0.1) is 25.4 Å². The predicted molar refractivity (Wildman–Crippen MR) is 113 cm³/mol. The Morgan fingerprint density at radius 1 is 0.593 bits per heavy atom. The molecule has 0 aliphatic heterocycles. The molecule has 2 atom stereocenters. The highest BCUT2D eigenvalue weighted by molar-refractivity contribution is 4.63. The fraction of sp³-hybridized carbons (Fsp3) is 1.00. The molecule has 2 unspecified atom stereocenters. The zero-order valence-electron chi connectivity index (χ0n) is 18.1. The number of hydrogen-bond acceptors (Lipinski definition) is 5. The molecule has 0 aromatic heterocycles. The summed E-state index contributed by atoms with van der Waals surface area (Å²) in [5.74, 6) is 0. The van der Waals surface area contributed by atoms with Crippen LogP contribution in [0.2, 0.25) is 0 Å². The van der Waals surface area contributed by atoms with Gasteiger partial charge in [-0.05, 0) is 12.8 Å². The third kappa shape index (κ3) is 22.0. The first-order chi connectivity index (χ1) is 13.2. The quantitative estimate of drug-likeness (QED) is 0.244. The van der Waals surface area contributed by atoms with Crippen LogP contribution in [-0.2, 0) is 9.47 Å². The van der Waals surface area contributed by atoms with E-state index in [0.717, 1.165) is 26.1 Å². The zero-order valence-corrected chi connectivity index (χ0v) is 18.1. The Hall–Kier alpha value is -0.200. The Labute approximate surface area is 168 Å². The Bertz CT molecular complexity index is 253. The van der Waals surface area contributed by atoms with E-state index in [-0.39, 0.29) is 0 Å². The van der Waals surface area contributed by atoms with Crippen LogP contribution in [0.4, 0.5) is 0 Å². The van der Waals surface area contributed by atoms with Crippen molar-refractivity contribution in [1.82, 2.24) is 5.32 Å². The number of aliphatic hydroxyl groups is 2. The van der Waals surface area contributed by atoms with E-state index in [4.69, 9.17) is 9.47 Å². The van der Waals surface area contributed by atoms with Crippen LogP contribution in [0.25, 0.3) is 0 Å². The van der Waals surface area contributed by atoms with Crippen molar-refractivity contribution in [2.45, 2.75) is 103 Å². The van der Waals surface area contributed by atoms with Crippen LogP contribution in [-0.4, -0.2) is 61.9 Å². The van der Waals surface area contributed by atoms with Crippen molar-refractivity contribution in [3.63, 3.8) is 0 Å². The van der Waals surface area contributed by atoms with Gasteiger partial charge in [0.15, 0.2) is 0 Å². The van der Waals surface area contributed by atoms with E-state index in [1.54, 1.807) is 0 Å². The van der Waals surface area contributed by atoms with Gasteiger partial charge in [-0.15, -0.1) is 0 Å². The van der Waals surface area contributed by atoms with Crippen LogP contribution >= 0.6 is 0 Å². The standard InChI is InChI=1S/C22H47NO4/c1-3-5-7-9-11-13-15-26-19-21(24)17-23-18-22(25)20-27-16-14-12-10-8-6-4-2/h21-25H,3-20H2,1-2H3. The molecule has 0 heterocycles. The lowest BCUT2D eigenvalue weighted by atomic mass is 10.1. The number of hydrogen-bond donors (Lipinski definition) is 3. The normalized spacial score (nSPS) is 13.8. The summed E-state index contributed by atoms with van der Waals surface area (Å²) >= 11 is 0. The highest BCUT2D eigenvalue weighted by atomic mass is 16.5. The first kappa shape index (κ1) is 26.8. The SMILES string of the molecule is CCCCCCCCOCC(O)CNCC(O)COCCCCCCCC. The average molecular weight is 390 g/mol. The lowest BCUT2D eigenvalue weighted by Gasteiger charge is -2.15. The Morgan fingerprint density at radius 2 is 0.963 bits per heavy atom. The highest BCUT2D eigenvalue weighted by Gasteiger charge is 2.07. The van der Waals surface area contributed by atoms with E-state index in [1.165, 1.54) is 64.2 Å². The Morgan fingerprint density at radius 3 is 1.37 bits per heavy atom. The van der Waals surface area contributed by atoms with E-state index in [1.807, 2.05) is 0 Å². The van der Waals surface area contributed by atoms with Crippen LogP contribution in [0.5, 0.6) is 0 Å². The fourth-order valence-electron chi connectivity index (χ4n) is 2.94. The van der Waals surface area contributed by atoms with Crippen LogP contribution in [0.15, 0.2) is 0 Å². The van der Waals surface area contributed by atoms with Gasteiger partial charge < -0.3 is 25.0 Å². The van der Waals surface area contributed by atoms with Crippen molar-refractivity contribution < 1.29 is 19.7 Å². The third-order valence-electron chi connectivity index (χ3n) is 4.66. The third-order valence-corrected chi connectivity index (χ3v) is 4.66. The molecule has 0 aromatic carbocycles. The van der Waals surface area contributed by atoms with Crippen LogP contribution in [0, 0.1) is 0 Å². The Kier molecular flexibility index (Phi) is 21.9. The second kappa shape index (κ2) is 22.1. The molecule has 0 spiro atoms. The fourth-order valence-corrected chi connectivity index (χ4v) is 2.94. The minimum atomic E-state index is -0.527. The van der Waals surface area contributed by atoms with Crippen LogP contribution in [0.3, 0.4) is 0 Å². The molecule has 0 aromatic rings. The van der Waals surface area contributed by atoms with Crippen molar-refractivity contribution in [3.05, 3.63) is 0 Å². The van der Waals surface area contributed by atoms with Gasteiger partial charge in [0.1, 0.15) is 0 Å². The number of unbranched alkanes of at least 4 members (excludes halogenated alkanes) is 10. The van der Waals surface area contributed by atoms with E-state index >= 15 is 0 Å². The maximum Gasteiger partial charge on any atom is 0.0897 e. The summed E-state index contributed by atoms with van der Waals surface area (Å²) < 4.78 is 11.0. The molecule has 27 heavy (non-hydrogen) atoms. The molecule has 0 amide bonds. The average Bonchev–Trinajstić information content (AvgIpc) is 2.66. The monoisotopic (exact) mass is 389 g/mol. The zero-order chi connectivity index (χ0) is 20.0. The summed E-state index contributed by atoms with van der Waals surface area (Å²) in [5, 5.41) is 22.8. The summed E-state index contributed by atoms with van der Waals surface area (Å²) in [4.78, 5) is 0. The molecule has 3 N–H and O–H groups in total. The highest BCUT2D eigenvalue weighted by Crippen LogP contribution is 2.05. The molecule has 0 fully saturated rings. The van der Waals surface area contributed by atoms with Gasteiger partial charge >= 0.3 is 0 Å². The van der Waals surface area contributed by atoms with Gasteiger partial charge in [-0.3, -0.25) is 0 Å². The first-order valence-electron chi connectivity index (χ1n) is 11.4. The van der Waals surface area contributed by atoms with Gasteiger partial charge in [-0.25, -0.2) is 0 Å². The minimum absolute atomic E-state index is 0.354. The van der Waals surface area contributed by atoms with Crippen molar-refractivity contribution in [2.24, 2.45) is 0 Å². The van der Waals surface area contributed by atoms with Gasteiger partial charge in [0.25, 0.3) is 0 Å². The van der Waals surface area contributed by atoms with E-state index in [0.29, 0.717) is 26.3 Å². The molecule has 0 aliphatic rings. The second-order valence-corrected chi connectivity index (χ2v) is 7.65. The van der Waals surface area contributed by atoms with Gasteiger partial charge in [0.2, 0.25) is 0 Å². The maximum absolute atomic E-state index is 9.87. The van der Waals surface area contributed by atoms with E-state index < -0.39 is 12.2 Å². The van der Waals surface area contributed by atoms with E-state index in [9.17, 15) is 10.2 Å². The second-order valence-electron chi connectivity index (χ2n) is 7.65. The van der Waals surface area contributed by atoms with Gasteiger partial charge in [0, 0.05) is 26.3 Å². The number of aliphatic hydroxyl groups excluding tert-OH is 2. The van der Waals surface area contributed by atoms with Gasteiger partial charge in [-0.2, -0.15) is 0 Å². The summed E-state index contributed by atoms with van der Waals surface area (Å²) in [6.45, 7) is 7.47. The smallest absolute Gasteiger partial charge is 0.0897 e. The molecule has 0 rings (SSSR count). The molecule has 164 valence electrons. The molecule has 0 bridgehead atoms. The molecular formula is C22H47NO4. The summed E-state index contributed by atoms with van der Waals surface area (Å²) in [5.41, 5.74) is 0. The van der Waals surface area contributed by atoms with Crippen molar-refractivity contribution in [1.29, 1.82) is 0 Å². The molecule has 0 saturated carbocycles. The first-order valence-corrected chi connectivity index (χ1v) is 11.4. The minimum Gasteiger partial charge on any atom is -0.389 e. The summed E-state index contributed by atoms with van der Waals surface area (Å²) in [6.07, 6.45) is 13.9. The molecule has 0 radical (unpaired) electrons. The lowest BCUT2D eigenvalue weighted by molar-refractivity contribution is 0.0225. The molecule has 5 heteroatoms. The van der Waals surface area contributed by atoms with Crippen LogP contribution in [0.1, 0.15) is 90.9 Å². The maximum atomic E-state index is 9.87. The summed E-state index contributed by atoms with van der Waals surface area (Å²) in [6, 6.07) is 0. The van der Waals surface area contributed by atoms with Crippen molar-refractivity contribution in [3.8, 4) is 0 Å². The number of rotatable bonds is 22. The van der Waals surface area contributed by atoms with Crippen molar-refractivity contribution >= 4 is 0 Å². The van der Waals surface area contributed by atoms with Gasteiger partial charge in [-0.1, -0.05) is 78.1 Å². The largest absolute Gasteiger partial charge is 0.389 e. The topological polar surface area (TPSA) is 71.0 Å². The molecule has 0 aliphatic carbocycles. The van der Waals surface area contributed by atoms with Crippen molar-refractivity contribution in [2.75, 3.05) is 39.5 Å². The molecule has 5 nitrogen and oxygen atoms in total. The molecule has 0 saturated heterocycles. The number of ether oxygens (including phenoxy) is 2.